The Morgan fingerprint density at radius 3 is 2.52 bits per heavy atom. The number of benzene rings is 1. The molecular formula is C19H26FNO2. The number of nitrogens with zero attached hydrogens (tertiary/aromatic N) is 1. The first kappa shape index (κ1) is 16.3. The molecule has 1 aromatic carbocycles. The van der Waals surface area contributed by atoms with Crippen LogP contribution < -0.4 is 0 Å². The molecule has 1 aliphatic carbocycles. The molecule has 3 rings (SSSR count). The lowest BCUT2D eigenvalue weighted by Gasteiger charge is -2.33. The second-order valence-electron chi connectivity index (χ2n) is 7.90. The van der Waals surface area contributed by atoms with Crippen LogP contribution in [0.15, 0.2) is 24.3 Å². The van der Waals surface area contributed by atoms with Crippen LogP contribution in [0.1, 0.15) is 51.5 Å². The van der Waals surface area contributed by atoms with Crippen molar-refractivity contribution in [3.8, 4) is 0 Å². The van der Waals surface area contributed by atoms with Crippen LogP contribution in [0.2, 0.25) is 0 Å². The molecule has 23 heavy (non-hydrogen) atoms. The highest BCUT2D eigenvalue weighted by molar-refractivity contribution is 5.68. The Morgan fingerprint density at radius 1 is 1.17 bits per heavy atom. The van der Waals surface area contributed by atoms with Crippen LogP contribution in [0.3, 0.4) is 0 Å². The molecule has 0 spiro atoms. The Hall–Kier alpha value is -1.58. The Labute approximate surface area is 137 Å². The zero-order valence-corrected chi connectivity index (χ0v) is 14.2. The molecular weight excluding hydrogens is 293 g/mol. The average molecular weight is 319 g/mol. The van der Waals surface area contributed by atoms with Gasteiger partial charge in [-0.1, -0.05) is 18.6 Å². The lowest BCUT2D eigenvalue weighted by molar-refractivity contribution is 0.0283. The van der Waals surface area contributed by atoms with Crippen molar-refractivity contribution in [2.24, 2.45) is 11.8 Å². The van der Waals surface area contributed by atoms with Gasteiger partial charge in [0, 0.05) is 13.1 Å². The van der Waals surface area contributed by atoms with E-state index in [9.17, 15) is 9.18 Å². The van der Waals surface area contributed by atoms with Crippen molar-refractivity contribution in [3.63, 3.8) is 0 Å². The first-order valence-electron chi connectivity index (χ1n) is 8.57. The van der Waals surface area contributed by atoms with Crippen molar-refractivity contribution in [2.45, 2.75) is 51.6 Å². The molecule has 1 saturated heterocycles. The van der Waals surface area contributed by atoms with E-state index in [4.69, 9.17) is 4.74 Å². The van der Waals surface area contributed by atoms with E-state index in [-0.39, 0.29) is 11.9 Å². The van der Waals surface area contributed by atoms with Crippen LogP contribution in [0.4, 0.5) is 9.18 Å². The number of halogens is 1. The Morgan fingerprint density at radius 2 is 1.87 bits per heavy atom. The number of hydrogen-bond donors (Lipinski definition) is 0. The Bertz CT molecular complexity index is 564. The van der Waals surface area contributed by atoms with Crippen LogP contribution in [0, 0.1) is 17.7 Å². The van der Waals surface area contributed by atoms with Crippen molar-refractivity contribution in [1.82, 2.24) is 4.90 Å². The molecule has 3 unspecified atom stereocenters. The molecule has 126 valence electrons. The summed E-state index contributed by atoms with van der Waals surface area (Å²) in [6, 6.07) is 6.89. The van der Waals surface area contributed by atoms with Gasteiger partial charge in [-0.25, -0.2) is 9.18 Å². The molecule has 0 bridgehead atoms. The van der Waals surface area contributed by atoms with E-state index in [0.29, 0.717) is 17.8 Å². The lowest BCUT2D eigenvalue weighted by Crippen LogP contribution is -2.35. The summed E-state index contributed by atoms with van der Waals surface area (Å²) in [5.74, 6) is 1.22. The molecule has 1 aromatic rings. The summed E-state index contributed by atoms with van der Waals surface area (Å²) >= 11 is 0. The highest BCUT2D eigenvalue weighted by Gasteiger charge is 2.43. The number of ether oxygens (including phenoxy) is 1. The van der Waals surface area contributed by atoms with E-state index >= 15 is 0 Å². The molecule has 0 aromatic heterocycles. The first-order valence-corrected chi connectivity index (χ1v) is 8.57. The van der Waals surface area contributed by atoms with Gasteiger partial charge < -0.3 is 9.64 Å². The monoisotopic (exact) mass is 319 g/mol. The van der Waals surface area contributed by atoms with E-state index in [0.717, 1.165) is 19.5 Å². The van der Waals surface area contributed by atoms with Gasteiger partial charge in [-0.05, 0) is 69.1 Å². The highest BCUT2D eigenvalue weighted by atomic mass is 19.1. The summed E-state index contributed by atoms with van der Waals surface area (Å²) < 4.78 is 18.7. The standard InChI is InChI=1S/C19H26FNO2/c1-19(2,3)23-18(22)21-11-14-5-4-6-16(17(14)12-21)13-7-9-15(20)10-8-13/h7-10,14,16-17H,4-6,11-12H2,1-3H3. The molecule has 4 heteroatoms. The first-order chi connectivity index (χ1) is 10.8. The third kappa shape index (κ3) is 3.67. The van der Waals surface area contributed by atoms with Gasteiger partial charge in [0.05, 0.1) is 0 Å². The fourth-order valence-corrected chi connectivity index (χ4v) is 4.07. The smallest absolute Gasteiger partial charge is 0.410 e. The van der Waals surface area contributed by atoms with Gasteiger partial charge in [-0.15, -0.1) is 0 Å². The number of hydrogen-bond acceptors (Lipinski definition) is 2. The van der Waals surface area contributed by atoms with Crippen LogP contribution in [-0.2, 0) is 4.74 Å². The quantitative estimate of drug-likeness (QED) is 0.758. The Balaban J connectivity index is 1.72. The maximum absolute atomic E-state index is 13.2. The lowest BCUT2D eigenvalue weighted by atomic mass is 9.71. The number of amides is 1. The molecule has 1 heterocycles. The van der Waals surface area contributed by atoms with E-state index in [1.807, 2.05) is 37.8 Å². The summed E-state index contributed by atoms with van der Waals surface area (Å²) in [6.07, 6.45) is 3.26. The zero-order chi connectivity index (χ0) is 16.6. The van der Waals surface area contributed by atoms with Crippen LogP contribution in [0.25, 0.3) is 0 Å². The molecule has 1 aliphatic heterocycles. The summed E-state index contributed by atoms with van der Waals surface area (Å²) in [6.45, 7) is 7.24. The molecule has 0 radical (unpaired) electrons. The fraction of sp³-hybridized carbons (Fsp3) is 0.632. The second kappa shape index (κ2) is 6.14. The maximum atomic E-state index is 13.2. The van der Waals surface area contributed by atoms with Gasteiger partial charge in [0.25, 0.3) is 0 Å². The van der Waals surface area contributed by atoms with Crippen LogP contribution in [-0.4, -0.2) is 29.7 Å². The average Bonchev–Trinajstić information content (AvgIpc) is 2.90. The van der Waals surface area contributed by atoms with Gasteiger partial charge in [0.2, 0.25) is 0 Å². The largest absolute Gasteiger partial charge is 0.444 e. The number of likely N-dealkylation sites (tertiary alicyclic amines) is 1. The van der Waals surface area contributed by atoms with Crippen molar-refractivity contribution >= 4 is 6.09 Å². The predicted molar refractivity (Wildman–Crippen MR) is 87.8 cm³/mol. The summed E-state index contributed by atoms with van der Waals surface area (Å²) in [7, 11) is 0. The number of fused-ring (bicyclic) bond motifs is 1. The number of carbonyl (C=O) groups is 1. The van der Waals surface area contributed by atoms with Crippen molar-refractivity contribution in [1.29, 1.82) is 0 Å². The van der Waals surface area contributed by atoms with Crippen molar-refractivity contribution < 1.29 is 13.9 Å². The minimum absolute atomic E-state index is 0.192. The van der Waals surface area contributed by atoms with Crippen molar-refractivity contribution in [3.05, 3.63) is 35.6 Å². The minimum atomic E-state index is -0.457. The summed E-state index contributed by atoms with van der Waals surface area (Å²) in [5, 5.41) is 0. The van der Waals surface area contributed by atoms with Crippen molar-refractivity contribution in [2.75, 3.05) is 13.1 Å². The zero-order valence-electron chi connectivity index (χ0n) is 14.2. The normalized spacial score (nSPS) is 27.7. The van der Waals surface area contributed by atoms with E-state index in [2.05, 4.69) is 0 Å². The molecule has 0 N–H and O–H groups in total. The van der Waals surface area contributed by atoms with Gasteiger partial charge in [-0.3, -0.25) is 0 Å². The summed E-state index contributed by atoms with van der Waals surface area (Å²) in [4.78, 5) is 14.2. The summed E-state index contributed by atoms with van der Waals surface area (Å²) in [5.41, 5.74) is 0.744. The van der Waals surface area contributed by atoms with Gasteiger partial charge in [-0.2, -0.15) is 0 Å². The molecule has 3 atom stereocenters. The number of carbonyl (C=O) groups excluding carboxylic acids is 1. The molecule has 2 aliphatic rings. The van der Waals surface area contributed by atoms with E-state index in [1.165, 1.54) is 18.4 Å². The molecule has 1 amide bonds. The van der Waals surface area contributed by atoms with Gasteiger partial charge in [0.15, 0.2) is 0 Å². The fourth-order valence-electron chi connectivity index (χ4n) is 4.07. The second-order valence-corrected chi connectivity index (χ2v) is 7.90. The van der Waals surface area contributed by atoms with E-state index < -0.39 is 5.60 Å². The van der Waals surface area contributed by atoms with E-state index in [1.54, 1.807) is 12.1 Å². The maximum Gasteiger partial charge on any atom is 0.410 e. The third-order valence-corrected chi connectivity index (χ3v) is 5.05. The van der Waals surface area contributed by atoms with Gasteiger partial charge >= 0.3 is 6.09 Å². The molecule has 2 fully saturated rings. The molecule has 1 saturated carbocycles. The Kier molecular flexibility index (Phi) is 4.35. The van der Waals surface area contributed by atoms with Crippen LogP contribution >= 0.6 is 0 Å². The SMILES string of the molecule is CC(C)(C)OC(=O)N1CC2CCCC(c3ccc(F)cc3)C2C1. The van der Waals surface area contributed by atoms with Gasteiger partial charge in [0.1, 0.15) is 11.4 Å². The number of rotatable bonds is 1. The predicted octanol–water partition coefficient (Wildman–Crippen LogP) is 4.58. The highest BCUT2D eigenvalue weighted by Crippen LogP contribution is 2.45. The van der Waals surface area contributed by atoms with Crippen LogP contribution in [0.5, 0.6) is 0 Å². The topological polar surface area (TPSA) is 29.5 Å². The molecule has 3 nitrogen and oxygen atoms in total. The minimum Gasteiger partial charge on any atom is -0.444 e. The third-order valence-electron chi connectivity index (χ3n) is 5.05.